The van der Waals surface area contributed by atoms with Crippen LogP contribution in [0.4, 0.5) is 17.1 Å². The topological polar surface area (TPSA) is 12.5 Å². The quantitative estimate of drug-likeness (QED) is 0.152. The van der Waals surface area contributed by atoms with Crippen molar-refractivity contribution >= 4 is 69.0 Å². The van der Waals surface area contributed by atoms with Crippen LogP contribution in [0.3, 0.4) is 0 Å². The molecule has 55 heavy (non-hydrogen) atoms. The van der Waals surface area contributed by atoms with E-state index < -0.39 is 8.07 Å². The molecule has 7 aromatic rings. The maximum atomic E-state index is 7.20. The molecule has 9 rings (SSSR count). The summed E-state index contributed by atoms with van der Waals surface area (Å²) in [6, 6.07) is 61.3. The Labute approximate surface area is 328 Å². The molecule has 0 saturated heterocycles. The van der Waals surface area contributed by atoms with E-state index in [4.69, 9.17) is 4.74 Å². The van der Waals surface area contributed by atoms with Crippen LogP contribution in [-0.4, -0.2) is 14.8 Å². The molecular formula is C51H48BNOSi. The second-order valence-corrected chi connectivity index (χ2v) is 19.9. The lowest BCUT2D eigenvalue weighted by molar-refractivity contribution is 0.488. The third-order valence-electron chi connectivity index (χ3n) is 12.0. The van der Waals surface area contributed by atoms with Crippen molar-refractivity contribution in [2.75, 3.05) is 4.90 Å². The van der Waals surface area contributed by atoms with Crippen LogP contribution in [0, 0.1) is 0 Å². The highest BCUT2D eigenvalue weighted by molar-refractivity contribution is 7.21. The van der Waals surface area contributed by atoms with E-state index in [2.05, 4.69) is 210 Å². The molecule has 0 saturated carbocycles. The van der Waals surface area contributed by atoms with Crippen LogP contribution in [-0.2, 0) is 0 Å². The predicted octanol–water partition coefficient (Wildman–Crippen LogP) is 8.84. The first kappa shape index (κ1) is 35.1. The Kier molecular flexibility index (Phi) is 8.90. The van der Waals surface area contributed by atoms with E-state index in [-0.39, 0.29) is 6.71 Å². The number of para-hydroxylation sites is 4. The van der Waals surface area contributed by atoms with Crippen LogP contribution >= 0.6 is 0 Å². The monoisotopic (exact) mass is 729 g/mol. The molecule has 0 N–H and O–H groups in total. The molecule has 0 radical (unpaired) electrons. The molecule has 4 heteroatoms. The van der Waals surface area contributed by atoms with Gasteiger partial charge in [-0.2, -0.15) is 0 Å². The molecule has 0 aromatic heterocycles. The summed E-state index contributed by atoms with van der Waals surface area (Å²) in [6.07, 6.45) is 0. The van der Waals surface area contributed by atoms with Gasteiger partial charge in [-0.15, -0.1) is 0 Å². The van der Waals surface area contributed by atoms with Crippen LogP contribution in [0.5, 0.6) is 11.5 Å². The summed E-state index contributed by atoms with van der Waals surface area (Å²) in [5, 5.41) is 5.52. The first-order chi connectivity index (χ1) is 26.8. The lowest BCUT2D eigenvalue weighted by Gasteiger charge is -2.45. The highest BCUT2D eigenvalue weighted by Crippen LogP contribution is 2.44. The maximum absolute atomic E-state index is 7.20. The molecule has 270 valence electrons. The SMILES string of the molecule is CC(C)c1cc(C(C)C)c(B2c3ccccc3Oc3c2cccc3N2c3ccccc3[Si](c3ccccc3)(c3ccccc3)c3ccccc32)c(C(C)C)c1. The minimum Gasteiger partial charge on any atom is -0.456 e. The fourth-order valence-corrected chi connectivity index (χ4v) is 14.6. The number of ether oxygens (including phenoxy) is 1. The number of nitrogens with zero attached hydrogens (tertiary/aromatic N) is 1. The molecule has 2 aliphatic rings. The third kappa shape index (κ3) is 5.53. The molecule has 0 unspecified atom stereocenters. The van der Waals surface area contributed by atoms with Gasteiger partial charge in [-0.25, -0.2) is 0 Å². The van der Waals surface area contributed by atoms with E-state index in [0.717, 1.165) is 17.2 Å². The van der Waals surface area contributed by atoms with Crippen molar-refractivity contribution in [3.8, 4) is 11.5 Å². The van der Waals surface area contributed by atoms with E-state index in [1.165, 1.54) is 65.2 Å². The summed E-state index contributed by atoms with van der Waals surface area (Å²) in [5.41, 5.74) is 11.6. The summed E-state index contributed by atoms with van der Waals surface area (Å²) < 4.78 is 7.20. The third-order valence-corrected chi connectivity index (χ3v) is 16.9. The van der Waals surface area contributed by atoms with Crippen LogP contribution in [0.15, 0.2) is 164 Å². The number of hydrogen-bond acceptors (Lipinski definition) is 2. The minimum atomic E-state index is -2.75. The van der Waals surface area contributed by atoms with Gasteiger partial charge in [0.05, 0.1) is 5.69 Å². The van der Waals surface area contributed by atoms with Gasteiger partial charge in [0, 0.05) is 11.4 Å². The zero-order valence-electron chi connectivity index (χ0n) is 32.8. The van der Waals surface area contributed by atoms with Crippen LogP contribution in [0.1, 0.15) is 76.0 Å². The molecule has 0 bridgehead atoms. The molecule has 0 aliphatic carbocycles. The van der Waals surface area contributed by atoms with Crippen molar-refractivity contribution in [2.24, 2.45) is 0 Å². The minimum absolute atomic E-state index is 0.0216. The fraction of sp³-hybridized carbons (Fsp3) is 0.176. The molecule has 2 nitrogen and oxygen atoms in total. The van der Waals surface area contributed by atoms with Gasteiger partial charge in [0.1, 0.15) is 11.5 Å². The lowest BCUT2D eigenvalue weighted by atomic mass is 9.33. The van der Waals surface area contributed by atoms with Gasteiger partial charge < -0.3 is 9.64 Å². The summed E-state index contributed by atoms with van der Waals surface area (Å²) >= 11 is 0. The number of benzene rings is 7. The van der Waals surface area contributed by atoms with Gasteiger partial charge in [-0.05, 0) is 90.4 Å². The normalized spacial score (nSPS) is 14.0. The lowest BCUT2D eigenvalue weighted by Crippen LogP contribution is -2.77. The van der Waals surface area contributed by atoms with Crippen LogP contribution in [0.25, 0.3) is 0 Å². The highest BCUT2D eigenvalue weighted by Gasteiger charge is 2.49. The van der Waals surface area contributed by atoms with Gasteiger partial charge in [0.2, 0.25) is 0 Å². The highest BCUT2D eigenvalue weighted by atomic mass is 28.3. The largest absolute Gasteiger partial charge is 0.456 e. The van der Waals surface area contributed by atoms with Crippen molar-refractivity contribution in [1.29, 1.82) is 0 Å². The van der Waals surface area contributed by atoms with E-state index in [1.807, 2.05) is 0 Å². The number of fused-ring (bicyclic) bond motifs is 4. The summed E-state index contributed by atoms with van der Waals surface area (Å²) in [4.78, 5) is 2.50. The van der Waals surface area contributed by atoms with Crippen molar-refractivity contribution < 1.29 is 4.74 Å². The van der Waals surface area contributed by atoms with Crippen LogP contribution in [0.2, 0.25) is 0 Å². The fourth-order valence-electron chi connectivity index (χ4n) is 9.47. The standard InChI is InChI=1S/C51H48BNOSi/c1-34(2)37-32-40(35(3)4)50(41(33-37)36(5)6)52-42-24-13-16-29-47(42)54-51-43(52)25-19-28-46(51)53-44-26-14-17-30-48(44)55(38-20-9-7-10-21-38,39-22-11-8-12-23-39)49-31-18-15-27-45(49)53/h7-36H,1-6H3. The van der Waals surface area contributed by atoms with E-state index >= 15 is 0 Å². The molecule has 0 fully saturated rings. The Balaban J connectivity index is 1.34. The smallest absolute Gasteiger partial charge is 0.251 e. The Morgan fingerprint density at radius 2 is 0.945 bits per heavy atom. The van der Waals surface area contributed by atoms with Crippen molar-refractivity contribution in [1.82, 2.24) is 0 Å². The van der Waals surface area contributed by atoms with Crippen molar-refractivity contribution in [3.63, 3.8) is 0 Å². The molecule has 0 atom stereocenters. The zero-order valence-corrected chi connectivity index (χ0v) is 33.8. The maximum Gasteiger partial charge on any atom is 0.251 e. The number of hydrogen-bond donors (Lipinski definition) is 0. The zero-order chi connectivity index (χ0) is 37.8. The Morgan fingerprint density at radius 1 is 0.473 bits per heavy atom. The summed E-state index contributed by atoms with van der Waals surface area (Å²) in [7, 11) is -2.75. The molecule has 2 aliphatic heterocycles. The number of anilines is 3. The molecular weight excluding hydrogens is 681 g/mol. The Morgan fingerprint density at radius 3 is 1.49 bits per heavy atom. The summed E-state index contributed by atoms with van der Waals surface area (Å²) in [6.45, 7) is 14.1. The van der Waals surface area contributed by atoms with Gasteiger partial charge in [0.25, 0.3) is 6.71 Å². The Bertz CT molecular complexity index is 2410. The average molecular weight is 730 g/mol. The van der Waals surface area contributed by atoms with Crippen LogP contribution < -0.4 is 46.8 Å². The first-order valence-corrected chi connectivity index (χ1v) is 22.0. The van der Waals surface area contributed by atoms with E-state index in [1.54, 1.807) is 0 Å². The van der Waals surface area contributed by atoms with E-state index in [9.17, 15) is 0 Å². The van der Waals surface area contributed by atoms with Crippen molar-refractivity contribution in [3.05, 3.63) is 180 Å². The van der Waals surface area contributed by atoms with Crippen molar-refractivity contribution in [2.45, 2.75) is 59.3 Å². The first-order valence-electron chi connectivity index (χ1n) is 20.0. The van der Waals surface area contributed by atoms with Gasteiger partial charge in [-0.3, -0.25) is 0 Å². The predicted molar refractivity (Wildman–Crippen MR) is 238 cm³/mol. The molecule has 2 heterocycles. The Hall–Kier alpha value is -5.58. The second-order valence-electron chi connectivity index (χ2n) is 16.2. The molecule has 0 amide bonds. The van der Waals surface area contributed by atoms with Gasteiger partial charge >= 0.3 is 0 Å². The van der Waals surface area contributed by atoms with E-state index in [0.29, 0.717) is 17.8 Å². The second kappa shape index (κ2) is 13.9. The summed E-state index contributed by atoms with van der Waals surface area (Å²) in [5.74, 6) is 3.04. The van der Waals surface area contributed by atoms with Gasteiger partial charge in [0.15, 0.2) is 8.07 Å². The number of rotatable bonds is 7. The average Bonchev–Trinajstić information content (AvgIpc) is 3.22. The molecule has 7 aromatic carbocycles. The van der Waals surface area contributed by atoms with Gasteiger partial charge in [-0.1, -0.05) is 187 Å². The molecule has 0 spiro atoms.